The summed E-state index contributed by atoms with van der Waals surface area (Å²) in [6, 6.07) is 12.3. The van der Waals surface area contributed by atoms with Gasteiger partial charge in [0.15, 0.2) is 0 Å². The van der Waals surface area contributed by atoms with E-state index < -0.39 is 5.97 Å². The molecule has 1 amide bonds. The van der Waals surface area contributed by atoms with Crippen molar-refractivity contribution in [1.82, 2.24) is 0 Å². The average molecular weight is 347 g/mol. The summed E-state index contributed by atoms with van der Waals surface area (Å²) in [7, 11) is 0. The van der Waals surface area contributed by atoms with E-state index in [1.807, 2.05) is 18.2 Å². The van der Waals surface area contributed by atoms with Crippen LogP contribution in [0.1, 0.15) is 40.4 Å². The highest BCUT2D eigenvalue weighted by molar-refractivity contribution is 6.06. The van der Waals surface area contributed by atoms with Gasteiger partial charge in [0.2, 0.25) is 5.91 Å². The van der Waals surface area contributed by atoms with E-state index >= 15 is 0 Å². The van der Waals surface area contributed by atoms with Crippen LogP contribution in [0, 0.1) is 12.3 Å². The molecule has 0 unspecified atom stereocenters. The van der Waals surface area contributed by atoms with E-state index in [9.17, 15) is 9.59 Å². The van der Waals surface area contributed by atoms with E-state index in [1.54, 1.807) is 24.3 Å². The molecule has 0 atom stereocenters. The molecule has 2 aromatic carbocycles. The van der Waals surface area contributed by atoms with Crippen LogP contribution in [-0.4, -0.2) is 17.0 Å². The second kappa shape index (κ2) is 9.24. The van der Waals surface area contributed by atoms with Crippen LogP contribution in [-0.2, 0) is 17.6 Å². The van der Waals surface area contributed by atoms with Crippen LogP contribution in [0.15, 0.2) is 48.5 Å². The zero-order valence-corrected chi connectivity index (χ0v) is 14.7. The van der Waals surface area contributed by atoms with Crippen LogP contribution in [0.5, 0.6) is 0 Å². The summed E-state index contributed by atoms with van der Waals surface area (Å²) < 4.78 is 0. The van der Waals surface area contributed by atoms with Crippen molar-refractivity contribution in [2.24, 2.45) is 0 Å². The van der Waals surface area contributed by atoms with Crippen LogP contribution in [0.4, 0.5) is 5.69 Å². The average Bonchev–Trinajstić information content (AvgIpc) is 2.65. The lowest BCUT2D eigenvalue weighted by atomic mass is 9.98. The number of benzene rings is 2. The number of terminal acetylenes is 1. The van der Waals surface area contributed by atoms with E-state index in [0.717, 1.165) is 18.4 Å². The standard InChI is InChI=1S/C22H21NO3/c1-3-5-8-18-13-11-16(15-17(18)4-2)12-14-21(24)23-20-10-7-6-9-19(20)22(25)26/h1,6-7,9-15H,4-5,8H2,2H3,(H,23,24)(H,25,26)/b14-12+. The number of para-hydroxylation sites is 1. The number of aromatic carboxylic acids is 1. The zero-order chi connectivity index (χ0) is 18.9. The molecule has 4 heteroatoms. The van der Waals surface area contributed by atoms with Crippen molar-refractivity contribution < 1.29 is 14.7 Å². The first-order valence-corrected chi connectivity index (χ1v) is 8.41. The van der Waals surface area contributed by atoms with Crippen molar-refractivity contribution in [2.75, 3.05) is 5.32 Å². The number of hydrogen-bond acceptors (Lipinski definition) is 2. The molecular formula is C22H21NO3. The molecule has 0 heterocycles. The van der Waals surface area contributed by atoms with Crippen molar-refractivity contribution in [3.05, 3.63) is 70.8 Å². The lowest BCUT2D eigenvalue weighted by Gasteiger charge is -2.08. The van der Waals surface area contributed by atoms with Crippen molar-refractivity contribution >= 4 is 23.6 Å². The van der Waals surface area contributed by atoms with Gasteiger partial charge in [0.05, 0.1) is 11.3 Å². The Bertz CT molecular complexity index is 875. The molecule has 0 saturated heterocycles. The van der Waals surface area contributed by atoms with Crippen LogP contribution in [0.25, 0.3) is 6.08 Å². The van der Waals surface area contributed by atoms with Gasteiger partial charge in [-0.15, -0.1) is 12.3 Å². The SMILES string of the molecule is C#CCCc1ccc(/C=C/C(=O)Nc2ccccc2C(=O)O)cc1CC. The van der Waals surface area contributed by atoms with Gasteiger partial charge in [-0.2, -0.15) is 0 Å². The molecule has 0 bridgehead atoms. The van der Waals surface area contributed by atoms with E-state index in [2.05, 4.69) is 18.2 Å². The Morgan fingerprint density at radius 1 is 1.19 bits per heavy atom. The summed E-state index contributed by atoms with van der Waals surface area (Å²) in [5.74, 6) is 1.18. The maximum Gasteiger partial charge on any atom is 0.337 e. The Morgan fingerprint density at radius 3 is 2.65 bits per heavy atom. The van der Waals surface area contributed by atoms with Crippen LogP contribution in [0.2, 0.25) is 0 Å². The quantitative estimate of drug-likeness (QED) is 0.584. The number of carboxylic acids is 1. The normalized spacial score (nSPS) is 10.5. The van der Waals surface area contributed by atoms with Gasteiger partial charge in [0.25, 0.3) is 0 Å². The van der Waals surface area contributed by atoms with Gasteiger partial charge >= 0.3 is 5.97 Å². The lowest BCUT2D eigenvalue weighted by molar-refractivity contribution is -0.111. The molecule has 2 rings (SSSR count). The monoisotopic (exact) mass is 347 g/mol. The number of carbonyl (C=O) groups excluding carboxylic acids is 1. The molecule has 0 spiro atoms. The molecule has 4 nitrogen and oxygen atoms in total. The number of nitrogens with one attached hydrogen (secondary N) is 1. The number of rotatable bonds is 7. The predicted molar refractivity (Wildman–Crippen MR) is 104 cm³/mol. The number of carbonyl (C=O) groups is 2. The molecule has 0 aliphatic carbocycles. The molecule has 26 heavy (non-hydrogen) atoms. The maximum absolute atomic E-state index is 12.1. The predicted octanol–water partition coefficient (Wildman–Crippen LogP) is 4.16. The molecule has 2 aromatic rings. The number of anilines is 1. The minimum Gasteiger partial charge on any atom is -0.478 e. The largest absolute Gasteiger partial charge is 0.478 e. The maximum atomic E-state index is 12.1. The van der Waals surface area contributed by atoms with E-state index in [1.165, 1.54) is 23.3 Å². The van der Waals surface area contributed by atoms with Gasteiger partial charge in [-0.3, -0.25) is 4.79 Å². The van der Waals surface area contributed by atoms with Gasteiger partial charge in [0, 0.05) is 12.5 Å². The third kappa shape index (κ3) is 5.09. The lowest BCUT2D eigenvalue weighted by Crippen LogP contribution is -2.11. The number of aryl methyl sites for hydroxylation is 2. The number of amides is 1. The van der Waals surface area contributed by atoms with Crippen LogP contribution >= 0.6 is 0 Å². The Hall–Kier alpha value is -3.32. The Kier molecular flexibility index (Phi) is 6.75. The molecule has 0 aromatic heterocycles. The molecule has 0 saturated carbocycles. The second-order valence-corrected chi connectivity index (χ2v) is 5.76. The second-order valence-electron chi connectivity index (χ2n) is 5.76. The van der Waals surface area contributed by atoms with E-state index in [4.69, 9.17) is 11.5 Å². The fourth-order valence-corrected chi connectivity index (χ4v) is 2.65. The number of carboxylic acid groups (broad SMARTS) is 1. The molecule has 0 fully saturated rings. The molecule has 0 aliphatic heterocycles. The smallest absolute Gasteiger partial charge is 0.337 e. The van der Waals surface area contributed by atoms with Gasteiger partial charge in [0.1, 0.15) is 0 Å². The van der Waals surface area contributed by atoms with Crippen molar-refractivity contribution in [3.8, 4) is 12.3 Å². The van der Waals surface area contributed by atoms with Gasteiger partial charge < -0.3 is 10.4 Å². The minimum atomic E-state index is -1.08. The van der Waals surface area contributed by atoms with Crippen LogP contribution < -0.4 is 5.32 Å². The Morgan fingerprint density at radius 2 is 1.96 bits per heavy atom. The highest BCUT2D eigenvalue weighted by Gasteiger charge is 2.10. The van der Waals surface area contributed by atoms with E-state index in [-0.39, 0.29) is 17.2 Å². The minimum absolute atomic E-state index is 0.0559. The topological polar surface area (TPSA) is 66.4 Å². The first kappa shape index (κ1) is 19.0. The molecule has 0 radical (unpaired) electrons. The van der Waals surface area contributed by atoms with E-state index in [0.29, 0.717) is 6.42 Å². The van der Waals surface area contributed by atoms with Crippen molar-refractivity contribution in [3.63, 3.8) is 0 Å². The first-order valence-electron chi connectivity index (χ1n) is 8.41. The summed E-state index contributed by atoms with van der Waals surface area (Å²) in [6.45, 7) is 2.08. The summed E-state index contributed by atoms with van der Waals surface area (Å²) in [6.07, 6.45) is 10.9. The zero-order valence-electron chi connectivity index (χ0n) is 14.7. The number of hydrogen-bond donors (Lipinski definition) is 2. The van der Waals surface area contributed by atoms with Crippen molar-refractivity contribution in [1.29, 1.82) is 0 Å². The Labute approximate surface area is 153 Å². The van der Waals surface area contributed by atoms with Crippen LogP contribution in [0.3, 0.4) is 0 Å². The third-order valence-electron chi connectivity index (χ3n) is 3.99. The van der Waals surface area contributed by atoms with Gasteiger partial charge in [-0.1, -0.05) is 37.3 Å². The molecule has 0 aliphatic rings. The summed E-state index contributed by atoms with van der Waals surface area (Å²) in [4.78, 5) is 23.3. The van der Waals surface area contributed by atoms with Crippen molar-refractivity contribution in [2.45, 2.75) is 26.2 Å². The fraction of sp³-hybridized carbons (Fsp3) is 0.182. The third-order valence-corrected chi connectivity index (χ3v) is 3.99. The summed E-state index contributed by atoms with van der Waals surface area (Å²) >= 11 is 0. The first-order chi connectivity index (χ1) is 12.5. The summed E-state index contributed by atoms with van der Waals surface area (Å²) in [5.41, 5.74) is 3.67. The highest BCUT2D eigenvalue weighted by Crippen LogP contribution is 2.17. The van der Waals surface area contributed by atoms with Gasteiger partial charge in [-0.05, 0) is 47.7 Å². The molecular weight excluding hydrogens is 326 g/mol. The highest BCUT2D eigenvalue weighted by atomic mass is 16.4. The fourth-order valence-electron chi connectivity index (χ4n) is 2.65. The molecule has 132 valence electrons. The van der Waals surface area contributed by atoms with Gasteiger partial charge in [-0.25, -0.2) is 4.79 Å². The summed E-state index contributed by atoms with van der Waals surface area (Å²) in [5, 5.41) is 11.8. The molecule has 2 N–H and O–H groups in total. The Balaban J connectivity index is 2.11.